The second-order valence-electron chi connectivity index (χ2n) is 5.19. The van der Waals surface area contributed by atoms with E-state index in [-0.39, 0.29) is 24.2 Å². The second-order valence-corrected chi connectivity index (χ2v) is 5.60. The lowest BCUT2D eigenvalue weighted by Crippen LogP contribution is -2.48. The molecule has 2 rings (SSSR count). The molecule has 0 saturated heterocycles. The molecule has 0 radical (unpaired) electrons. The van der Waals surface area contributed by atoms with Crippen LogP contribution in [0, 0.1) is 0 Å². The summed E-state index contributed by atoms with van der Waals surface area (Å²) < 4.78 is 0. The van der Waals surface area contributed by atoms with Gasteiger partial charge < -0.3 is 16.4 Å². The average molecular weight is 332 g/mol. The Balaban J connectivity index is 0.00000220. The number of hydrogen-bond acceptors (Lipinski definition) is 3. The predicted octanol–water partition coefficient (Wildman–Crippen LogP) is 2.93. The van der Waals surface area contributed by atoms with Gasteiger partial charge in [-0.05, 0) is 31.0 Å². The Labute approximate surface area is 135 Å². The Bertz CT molecular complexity index is 543. The molecule has 116 valence electrons. The summed E-state index contributed by atoms with van der Waals surface area (Å²) in [6.45, 7) is 1.42. The first-order chi connectivity index (χ1) is 9.40. The zero-order chi connectivity index (χ0) is 14.8. The van der Waals surface area contributed by atoms with Crippen LogP contribution in [0.15, 0.2) is 18.2 Å². The smallest absolute Gasteiger partial charge is 0.244 e. The number of benzene rings is 1. The molecular weight excluding hydrogens is 313 g/mol. The van der Waals surface area contributed by atoms with Crippen molar-refractivity contribution in [1.29, 1.82) is 0 Å². The van der Waals surface area contributed by atoms with Gasteiger partial charge in [-0.2, -0.15) is 0 Å². The number of nitrogens with two attached hydrogens (primary N) is 1. The zero-order valence-electron chi connectivity index (χ0n) is 11.7. The van der Waals surface area contributed by atoms with Crippen LogP contribution in [0.4, 0.5) is 11.4 Å². The average Bonchev–Trinajstić information content (AvgIpc) is 2.81. The van der Waals surface area contributed by atoms with Gasteiger partial charge >= 0.3 is 0 Å². The molecule has 1 aromatic carbocycles. The number of anilines is 2. The minimum absolute atomic E-state index is 0. The fourth-order valence-corrected chi connectivity index (χ4v) is 2.55. The molecular formula is C14H19Cl2N3O2. The van der Waals surface area contributed by atoms with Crippen LogP contribution in [0.3, 0.4) is 0 Å². The van der Waals surface area contributed by atoms with Crippen molar-refractivity contribution in [2.24, 2.45) is 5.73 Å². The Hall–Kier alpha value is -1.30. The monoisotopic (exact) mass is 331 g/mol. The largest absolute Gasteiger partial charge is 0.326 e. The van der Waals surface area contributed by atoms with Gasteiger partial charge in [0, 0.05) is 12.6 Å². The van der Waals surface area contributed by atoms with Gasteiger partial charge in [0.25, 0.3) is 0 Å². The molecule has 2 amide bonds. The molecule has 21 heavy (non-hydrogen) atoms. The summed E-state index contributed by atoms with van der Waals surface area (Å²) in [5.74, 6) is -0.410. The Morgan fingerprint density at radius 2 is 1.86 bits per heavy atom. The van der Waals surface area contributed by atoms with Crippen molar-refractivity contribution in [3.63, 3.8) is 0 Å². The summed E-state index contributed by atoms with van der Waals surface area (Å²) >= 11 is 6.06. The highest BCUT2D eigenvalue weighted by Gasteiger charge is 2.37. The molecule has 0 bridgehead atoms. The highest BCUT2D eigenvalue weighted by atomic mass is 35.5. The van der Waals surface area contributed by atoms with Gasteiger partial charge in [0.1, 0.15) is 0 Å². The van der Waals surface area contributed by atoms with E-state index in [1.54, 1.807) is 18.2 Å². The molecule has 1 aliphatic carbocycles. The Kier molecular flexibility index (Phi) is 6.01. The summed E-state index contributed by atoms with van der Waals surface area (Å²) in [5, 5.41) is 5.81. The molecule has 1 saturated carbocycles. The molecule has 0 aliphatic heterocycles. The van der Waals surface area contributed by atoms with E-state index in [4.69, 9.17) is 17.3 Å². The van der Waals surface area contributed by atoms with Crippen molar-refractivity contribution in [2.75, 3.05) is 10.6 Å². The van der Waals surface area contributed by atoms with E-state index in [2.05, 4.69) is 10.6 Å². The van der Waals surface area contributed by atoms with Crippen molar-refractivity contribution >= 4 is 47.2 Å². The van der Waals surface area contributed by atoms with Crippen LogP contribution in [-0.2, 0) is 9.59 Å². The number of rotatable bonds is 3. The third kappa shape index (κ3) is 4.33. The van der Waals surface area contributed by atoms with Gasteiger partial charge in [0.15, 0.2) is 0 Å². The molecule has 0 spiro atoms. The Morgan fingerprint density at radius 3 is 2.43 bits per heavy atom. The van der Waals surface area contributed by atoms with E-state index in [9.17, 15) is 9.59 Å². The number of hydrogen-bond donors (Lipinski definition) is 3. The lowest BCUT2D eigenvalue weighted by atomic mass is 9.98. The number of amides is 2. The highest BCUT2D eigenvalue weighted by molar-refractivity contribution is 6.34. The van der Waals surface area contributed by atoms with Crippen LogP contribution in [-0.4, -0.2) is 17.4 Å². The van der Waals surface area contributed by atoms with Gasteiger partial charge in [-0.1, -0.05) is 24.4 Å². The summed E-state index contributed by atoms with van der Waals surface area (Å²) in [4.78, 5) is 23.3. The summed E-state index contributed by atoms with van der Waals surface area (Å²) in [6, 6.07) is 4.92. The lowest BCUT2D eigenvalue weighted by Gasteiger charge is -2.22. The van der Waals surface area contributed by atoms with Gasteiger partial charge in [-0.3, -0.25) is 9.59 Å². The molecule has 0 atom stereocenters. The van der Waals surface area contributed by atoms with E-state index in [0.717, 1.165) is 12.8 Å². The maximum atomic E-state index is 12.2. The molecule has 1 aromatic rings. The number of carbonyl (C=O) groups excluding carboxylic acids is 2. The maximum absolute atomic E-state index is 12.2. The topological polar surface area (TPSA) is 84.2 Å². The summed E-state index contributed by atoms with van der Waals surface area (Å²) in [5.41, 5.74) is 6.32. The molecule has 7 heteroatoms. The third-order valence-corrected chi connectivity index (χ3v) is 3.81. The predicted molar refractivity (Wildman–Crippen MR) is 87.0 cm³/mol. The lowest BCUT2D eigenvalue weighted by molar-refractivity contribution is -0.121. The van der Waals surface area contributed by atoms with Crippen LogP contribution < -0.4 is 16.4 Å². The van der Waals surface area contributed by atoms with E-state index in [1.807, 2.05) is 0 Å². The van der Waals surface area contributed by atoms with Crippen LogP contribution in [0.5, 0.6) is 0 Å². The van der Waals surface area contributed by atoms with Crippen LogP contribution in [0.1, 0.15) is 32.6 Å². The molecule has 0 aromatic heterocycles. The fraction of sp³-hybridized carbons (Fsp3) is 0.429. The van der Waals surface area contributed by atoms with E-state index >= 15 is 0 Å². The van der Waals surface area contributed by atoms with Gasteiger partial charge in [0.05, 0.1) is 16.2 Å². The van der Waals surface area contributed by atoms with Crippen LogP contribution in [0.25, 0.3) is 0 Å². The van der Waals surface area contributed by atoms with Crippen LogP contribution in [0.2, 0.25) is 5.02 Å². The number of nitrogens with one attached hydrogen (secondary N) is 2. The molecule has 1 fully saturated rings. The van der Waals surface area contributed by atoms with E-state index in [0.29, 0.717) is 29.2 Å². The van der Waals surface area contributed by atoms with Crippen LogP contribution >= 0.6 is 24.0 Å². The number of carbonyl (C=O) groups is 2. The minimum Gasteiger partial charge on any atom is -0.326 e. The first kappa shape index (κ1) is 17.8. The second kappa shape index (κ2) is 7.11. The molecule has 4 N–H and O–H groups in total. The highest BCUT2D eigenvalue weighted by Crippen LogP contribution is 2.31. The molecule has 0 heterocycles. The quantitative estimate of drug-likeness (QED) is 0.796. The summed E-state index contributed by atoms with van der Waals surface area (Å²) in [6.07, 6.45) is 3.29. The minimum atomic E-state index is -0.812. The fourth-order valence-electron chi connectivity index (χ4n) is 2.38. The first-order valence-corrected chi connectivity index (χ1v) is 6.96. The van der Waals surface area contributed by atoms with E-state index in [1.165, 1.54) is 6.92 Å². The number of halogens is 2. The van der Waals surface area contributed by atoms with Gasteiger partial charge in [-0.25, -0.2) is 0 Å². The Morgan fingerprint density at radius 1 is 1.24 bits per heavy atom. The maximum Gasteiger partial charge on any atom is 0.244 e. The molecule has 0 unspecified atom stereocenters. The standard InChI is InChI=1S/C14H18ClN3O2.ClH/c1-9(19)17-10-4-5-11(15)12(8-10)18-13(20)14(16)6-2-3-7-14;/h4-5,8H,2-3,6-7,16H2,1H3,(H,17,19)(H,18,20);1H. The van der Waals surface area contributed by atoms with Gasteiger partial charge in [0.2, 0.25) is 11.8 Å². The van der Waals surface area contributed by atoms with Crippen molar-refractivity contribution in [3.8, 4) is 0 Å². The zero-order valence-corrected chi connectivity index (χ0v) is 13.3. The van der Waals surface area contributed by atoms with Crippen molar-refractivity contribution in [1.82, 2.24) is 0 Å². The molecule has 5 nitrogen and oxygen atoms in total. The summed E-state index contributed by atoms with van der Waals surface area (Å²) in [7, 11) is 0. The van der Waals surface area contributed by atoms with Crippen molar-refractivity contribution in [2.45, 2.75) is 38.1 Å². The third-order valence-electron chi connectivity index (χ3n) is 3.48. The van der Waals surface area contributed by atoms with Gasteiger partial charge in [-0.15, -0.1) is 12.4 Å². The normalized spacial score (nSPS) is 16.0. The van der Waals surface area contributed by atoms with Crippen molar-refractivity contribution in [3.05, 3.63) is 23.2 Å². The van der Waals surface area contributed by atoms with E-state index < -0.39 is 5.54 Å². The van der Waals surface area contributed by atoms with Crippen molar-refractivity contribution < 1.29 is 9.59 Å². The first-order valence-electron chi connectivity index (χ1n) is 6.58. The molecule has 1 aliphatic rings. The SMILES string of the molecule is CC(=O)Nc1ccc(Cl)c(NC(=O)C2(N)CCCC2)c1.Cl.